The molecule has 2 amide bonds. The van der Waals surface area contributed by atoms with E-state index in [1.165, 1.54) is 13.0 Å². The Morgan fingerprint density at radius 1 is 1.00 bits per heavy atom. The number of hydrogen-bond donors (Lipinski definition) is 2. The van der Waals surface area contributed by atoms with Gasteiger partial charge >= 0.3 is 0 Å². The van der Waals surface area contributed by atoms with Crippen LogP contribution >= 0.6 is 0 Å². The summed E-state index contributed by atoms with van der Waals surface area (Å²) in [7, 11) is 1.57. The molecule has 0 bridgehead atoms. The van der Waals surface area contributed by atoms with Crippen LogP contribution in [0.2, 0.25) is 0 Å². The molecule has 136 valence electrons. The number of nitrogens with one attached hydrogen (secondary N) is 2. The molecule has 0 fully saturated rings. The Bertz CT molecular complexity index is 798. The van der Waals surface area contributed by atoms with Crippen LogP contribution in [0.15, 0.2) is 48.5 Å². The summed E-state index contributed by atoms with van der Waals surface area (Å²) in [4.78, 5) is 23.0. The van der Waals surface area contributed by atoms with Gasteiger partial charge in [0, 0.05) is 24.4 Å². The molecule has 0 aliphatic rings. The first-order valence-corrected chi connectivity index (χ1v) is 8.19. The van der Waals surface area contributed by atoms with Gasteiger partial charge in [-0.1, -0.05) is 6.07 Å². The number of methoxy groups -OCH3 is 1. The summed E-state index contributed by atoms with van der Waals surface area (Å²) < 4.78 is 10.8. The third-order valence-corrected chi connectivity index (χ3v) is 3.39. The van der Waals surface area contributed by atoms with Crippen LogP contribution in [-0.2, 0) is 9.59 Å². The van der Waals surface area contributed by atoms with Gasteiger partial charge in [-0.3, -0.25) is 9.59 Å². The molecule has 0 aromatic heterocycles. The largest absolute Gasteiger partial charge is 0.493 e. The van der Waals surface area contributed by atoms with Gasteiger partial charge in [0.25, 0.3) is 0 Å². The third kappa shape index (κ3) is 5.66. The van der Waals surface area contributed by atoms with E-state index in [0.717, 1.165) is 5.56 Å². The molecule has 0 spiro atoms. The zero-order chi connectivity index (χ0) is 18.9. The van der Waals surface area contributed by atoms with Crippen molar-refractivity contribution in [3.63, 3.8) is 0 Å². The second kappa shape index (κ2) is 9.27. The molecule has 0 radical (unpaired) electrons. The van der Waals surface area contributed by atoms with Crippen LogP contribution < -0.4 is 20.1 Å². The molecule has 0 aliphatic heterocycles. The molecule has 0 heterocycles. The lowest BCUT2D eigenvalue weighted by molar-refractivity contribution is -0.114. The number of amides is 2. The summed E-state index contributed by atoms with van der Waals surface area (Å²) >= 11 is 0. The number of anilines is 2. The van der Waals surface area contributed by atoms with Crippen molar-refractivity contribution in [1.29, 1.82) is 0 Å². The van der Waals surface area contributed by atoms with E-state index in [1.807, 2.05) is 13.0 Å². The monoisotopic (exact) mass is 354 g/mol. The average molecular weight is 354 g/mol. The fourth-order valence-corrected chi connectivity index (χ4v) is 2.26. The van der Waals surface area contributed by atoms with Crippen LogP contribution in [0.25, 0.3) is 6.08 Å². The third-order valence-electron chi connectivity index (χ3n) is 3.39. The molecule has 0 saturated carbocycles. The maximum atomic E-state index is 12.0. The van der Waals surface area contributed by atoms with Crippen LogP contribution in [0.5, 0.6) is 11.5 Å². The topological polar surface area (TPSA) is 76.7 Å². The Morgan fingerprint density at radius 3 is 2.23 bits per heavy atom. The highest BCUT2D eigenvalue weighted by molar-refractivity contribution is 6.02. The molecule has 2 aromatic rings. The van der Waals surface area contributed by atoms with Gasteiger partial charge < -0.3 is 20.1 Å². The molecule has 26 heavy (non-hydrogen) atoms. The predicted octanol–water partition coefficient (Wildman–Crippen LogP) is 3.70. The zero-order valence-corrected chi connectivity index (χ0v) is 15.0. The number of rotatable bonds is 7. The van der Waals surface area contributed by atoms with Crippen molar-refractivity contribution >= 4 is 29.3 Å². The smallest absolute Gasteiger partial charge is 0.248 e. The number of carbonyl (C=O) groups excluding carboxylic acids is 2. The predicted molar refractivity (Wildman–Crippen MR) is 103 cm³/mol. The van der Waals surface area contributed by atoms with E-state index in [1.54, 1.807) is 49.6 Å². The van der Waals surface area contributed by atoms with Gasteiger partial charge in [0.05, 0.1) is 13.7 Å². The summed E-state index contributed by atoms with van der Waals surface area (Å²) in [6.07, 6.45) is 3.14. The maximum Gasteiger partial charge on any atom is 0.248 e. The number of carbonyl (C=O) groups is 2. The van der Waals surface area contributed by atoms with Gasteiger partial charge in [0.1, 0.15) is 0 Å². The normalized spacial score (nSPS) is 10.4. The Balaban J connectivity index is 1.99. The minimum atomic E-state index is -0.259. The number of benzene rings is 2. The lowest BCUT2D eigenvalue weighted by atomic mass is 10.2. The second-order valence-electron chi connectivity index (χ2n) is 5.42. The highest BCUT2D eigenvalue weighted by Crippen LogP contribution is 2.28. The summed E-state index contributed by atoms with van der Waals surface area (Å²) in [6.45, 7) is 3.89. The molecule has 2 rings (SSSR count). The minimum absolute atomic E-state index is 0.143. The molecule has 2 aromatic carbocycles. The Morgan fingerprint density at radius 2 is 1.65 bits per heavy atom. The van der Waals surface area contributed by atoms with Crippen molar-refractivity contribution in [2.24, 2.45) is 0 Å². The molecule has 0 aliphatic carbocycles. The second-order valence-corrected chi connectivity index (χ2v) is 5.42. The molecule has 0 saturated heterocycles. The minimum Gasteiger partial charge on any atom is -0.493 e. The van der Waals surface area contributed by atoms with Gasteiger partial charge in [-0.15, -0.1) is 0 Å². The fourth-order valence-electron chi connectivity index (χ4n) is 2.26. The average Bonchev–Trinajstić information content (AvgIpc) is 2.62. The van der Waals surface area contributed by atoms with Crippen molar-refractivity contribution in [2.45, 2.75) is 13.8 Å². The van der Waals surface area contributed by atoms with Crippen LogP contribution in [0.1, 0.15) is 19.4 Å². The first-order valence-electron chi connectivity index (χ1n) is 8.19. The van der Waals surface area contributed by atoms with E-state index in [0.29, 0.717) is 29.5 Å². The molecule has 0 atom stereocenters. The molecular weight excluding hydrogens is 332 g/mol. The van der Waals surface area contributed by atoms with E-state index in [2.05, 4.69) is 10.6 Å². The summed E-state index contributed by atoms with van der Waals surface area (Å²) in [5.41, 5.74) is 2.13. The van der Waals surface area contributed by atoms with Gasteiger partial charge in [-0.2, -0.15) is 0 Å². The van der Waals surface area contributed by atoms with E-state index in [9.17, 15) is 9.59 Å². The highest BCUT2D eigenvalue weighted by Gasteiger charge is 2.04. The number of hydrogen-bond acceptors (Lipinski definition) is 4. The molecule has 0 unspecified atom stereocenters. The Hall–Kier alpha value is -3.28. The van der Waals surface area contributed by atoms with Crippen molar-refractivity contribution in [2.75, 3.05) is 24.4 Å². The van der Waals surface area contributed by atoms with E-state index >= 15 is 0 Å². The van der Waals surface area contributed by atoms with Gasteiger partial charge in [-0.25, -0.2) is 0 Å². The van der Waals surface area contributed by atoms with Crippen LogP contribution in [0, 0.1) is 0 Å². The van der Waals surface area contributed by atoms with Crippen molar-refractivity contribution in [1.82, 2.24) is 0 Å². The van der Waals surface area contributed by atoms with Crippen LogP contribution in [-0.4, -0.2) is 25.5 Å². The molecule has 6 nitrogen and oxygen atoms in total. The van der Waals surface area contributed by atoms with Gasteiger partial charge in [0.2, 0.25) is 11.8 Å². The van der Waals surface area contributed by atoms with E-state index in [-0.39, 0.29) is 11.8 Å². The van der Waals surface area contributed by atoms with Crippen molar-refractivity contribution < 1.29 is 19.1 Å². The summed E-state index contributed by atoms with van der Waals surface area (Å²) in [6, 6.07) is 12.3. The maximum absolute atomic E-state index is 12.0. The molecule has 2 N–H and O–H groups in total. The quantitative estimate of drug-likeness (QED) is 0.743. The zero-order valence-electron chi connectivity index (χ0n) is 15.0. The Labute approximate surface area is 152 Å². The van der Waals surface area contributed by atoms with Crippen LogP contribution in [0.3, 0.4) is 0 Å². The summed E-state index contributed by atoms with van der Waals surface area (Å²) in [5.74, 6) is 0.875. The first kappa shape index (κ1) is 19.1. The Kier molecular flexibility index (Phi) is 6.79. The summed E-state index contributed by atoms with van der Waals surface area (Å²) in [5, 5.41) is 5.43. The lowest BCUT2D eigenvalue weighted by Crippen LogP contribution is -2.08. The fraction of sp³-hybridized carbons (Fsp3) is 0.200. The number of ether oxygens (including phenoxy) is 2. The van der Waals surface area contributed by atoms with Crippen molar-refractivity contribution in [3.8, 4) is 11.5 Å². The first-order chi connectivity index (χ1) is 12.5. The highest BCUT2D eigenvalue weighted by atomic mass is 16.5. The standard InChI is InChI=1S/C20H22N2O4/c1-4-26-18-11-5-15(13-19(18)25-3)6-12-20(24)22-17-9-7-16(8-10-17)21-14(2)23/h5-13H,4H2,1-3H3,(H,21,23)(H,22,24). The molecule has 6 heteroatoms. The van der Waals surface area contributed by atoms with Gasteiger partial charge in [-0.05, 0) is 55.0 Å². The molecular formula is C20H22N2O4. The van der Waals surface area contributed by atoms with Crippen LogP contribution in [0.4, 0.5) is 11.4 Å². The van der Waals surface area contributed by atoms with Crippen molar-refractivity contribution in [3.05, 3.63) is 54.1 Å². The van der Waals surface area contributed by atoms with E-state index < -0.39 is 0 Å². The van der Waals surface area contributed by atoms with Gasteiger partial charge in [0.15, 0.2) is 11.5 Å². The SMILES string of the molecule is CCOc1ccc(C=CC(=O)Nc2ccc(NC(C)=O)cc2)cc1OC. The lowest BCUT2D eigenvalue weighted by Gasteiger charge is -2.09. The van der Waals surface area contributed by atoms with E-state index in [4.69, 9.17) is 9.47 Å².